The molecule has 0 fully saturated rings. The Kier molecular flexibility index (Phi) is 4.75. The van der Waals surface area contributed by atoms with E-state index >= 15 is 0 Å². The molecule has 2 aliphatic carbocycles. The van der Waals surface area contributed by atoms with E-state index in [4.69, 9.17) is 4.98 Å². The monoisotopic (exact) mass is 271 g/mol. The van der Waals surface area contributed by atoms with Crippen LogP contribution in [0.2, 0.25) is 0 Å². The molecule has 3 rings (SSSR count). The predicted molar refractivity (Wildman–Crippen MR) is 85.4 cm³/mol. The minimum absolute atomic E-state index is 1.24. The average molecular weight is 271 g/mol. The Morgan fingerprint density at radius 1 is 0.750 bits per heavy atom. The van der Waals surface area contributed by atoms with Crippen LogP contribution in [0.3, 0.4) is 0 Å². The number of nitrogens with zero attached hydrogens (tertiary/aromatic N) is 1. The molecule has 0 saturated heterocycles. The maximum absolute atomic E-state index is 5.06. The molecule has 2 aliphatic rings. The second-order valence-electron chi connectivity index (χ2n) is 6.67. The molecule has 1 heteroatoms. The molecule has 1 nitrogen and oxygen atoms in total. The van der Waals surface area contributed by atoms with Crippen LogP contribution in [-0.2, 0) is 32.1 Å². The Bertz CT molecular complexity index is 427. The summed E-state index contributed by atoms with van der Waals surface area (Å²) in [5.74, 6) is 0. The van der Waals surface area contributed by atoms with E-state index in [1.807, 2.05) is 0 Å². The number of hydrogen-bond acceptors (Lipinski definition) is 1. The fraction of sp³-hybridized carbons (Fsp3) is 0.737. The Morgan fingerprint density at radius 3 is 1.95 bits per heavy atom. The number of hydrogen-bond donors (Lipinski definition) is 0. The van der Waals surface area contributed by atoms with Gasteiger partial charge < -0.3 is 0 Å². The molecule has 1 aromatic rings. The van der Waals surface area contributed by atoms with Crippen LogP contribution in [0.1, 0.15) is 86.4 Å². The van der Waals surface area contributed by atoms with Gasteiger partial charge in [0.2, 0.25) is 0 Å². The van der Waals surface area contributed by atoms with Crippen LogP contribution in [0, 0.1) is 0 Å². The van der Waals surface area contributed by atoms with Crippen LogP contribution in [0.25, 0.3) is 0 Å². The highest BCUT2D eigenvalue weighted by atomic mass is 14.7. The summed E-state index contributed by atoms with van der Waals surface area (Å²) in [6.07, 6.45) is 17.4. The number of rotatable bonds is 5. The van der Waals surface area contributed by atoms with Crippen molar-refractivity contribution in [3.8, 4) is 0 Å². The first-order valence-corrected chi connectivity index (χ1v) is 8.92. The summed E-state index contributed by atoms with van der Waals surface area (Å²) in [6, 6.07) is 0. The van der Waals surface area contributed by atoms with Crippen molar-refractivity contribution in [2.75, 3.05) is 0 Å². The fourth-order valence-electron chi connectivity index (χ4n) is 4.05. The topological polar surface area (TPSA) is 12.9 Å². The van der Waals surface area contributed by atoms with E-state index in [-0.39, 0.29) is 0 Å². The van der Waals surface area contributed by atoms with Gasteiger partial charge in [-0.15, -0.1) is 0 Å². The minimum Gasteiger partial charge on any atom is -0.257 e. The number of fused-ring (bicyclic) bond motifs is 2. The zero-order valence-corrected chi connectivity index (χ0v) is 13.1. The van der Waals surface area contributed by atoms with Gasteiger partial charge in [-0.05, 0) is 80.9 Å². The molecule has 0 aromatic carbocycles. The summed E-state index contributed by atoms with van der Waals surface area (Å²) < 4.78 is 0. The molecule has 0 spiro atoms. The van der Waals surface area contributed by atoms with Crippen molar-refractivity contribution in [1.82, 2.24) is 4.98 Å². The van der Waals surface area contributed by atoms with E-state index in [9.17, 15) is 0 Å². The van der Waals surface area contributed by atoms with Gasteiger partial charge in [-0.25, -0.2) is 0 Å². The van der Waals surface area contributed by atoms with E-state index in [2.05, 4.69) is 6.92 Å². The molecule has 0 amide bonds. The molecule has 0 bridgehead atoms. The van der Waals surface area contributed by atoms with Gasteiger partial charge in [0.25, 0.3) is 0 Å². The second-order valence-corrected chi connectivity index (χ2v) is 6.67. The summed E-state index contributed by atoms with van der Waals surface area (Å²) in [5, 5.41) is 0. The molecule has 0 atom stereocenters. The van der Waals surface area contributed by atoms with Gasteiger partial charge in [-0.2, -0.15) is 0 Å². The maximum Gasteiger partial charge on any atom is 0.0441 e. The molecule has 1 aromatic heterocycles. The third-order valence-corrected chi connectivity index (χ3v) is 5.16. The number of unbranched alkanes of at least 4 members (excludes halogenated alkanes) is 3. The summed E-state index contributed by atoms with van der Waals surface area (Å²) in [6.45, 7) is 2.30. The second kappa shape index (κ2) is 6.74. The highest BCUT2D eigenvalue weighted by molar-refractivity contribution is 5.43. The number of pyridine rings is 1. The quantitative estimate of drug-likeness (QED) is 0.690. The van der Waals surface area contributed by atoms with Gasteiger partial charge in [-0.1, -0.05) is 26.2 Å². The van der Waals surface area contributed by atoms with Crippen molar-refractivity contribution in [2.45, 2.75) is 90.4 Å². The standard InChI is InChI=1S/C19H29N/c1-2-3-4-5-10-15-16-11-6-8-13-18(16)20-19-14-9-7-12-17(15)19/h2-14H2,1H3. The third-order valence-electron chi connectivity index (χ3n) is 5.16. The predicted octanol–water partition coefficient (Wildman–Crippen LogP) is 4.96. The van der Waals surface area contributed by atoms with Crippen molar-refractivity contribution in [2.24, 2.45) is 0 Å². The van der Waals surface area contributed by atoms with Crippen LogP contribution in [-0.4, -0.2) is 4.98 Å². The summed E-state index contributed by atoms with van der Waals surface area (Å²) >= 11 is 0. The van der Waals surface area contributed by atoms with Gasteiger partial charge in [0.1, 0.15) is 0 Å². The zero-order chi connectivity index (χ0) is 13.8. The first-order chi connectivity index (χ1) is 9.90. The van der Waals surface area contributed by atoms with Crippen molar-refractivity contribution in [1.29, 1.82) is 0 Å². The molecule has 110 valence electrons. The van der Waals surface area contributed by atoms with Crippen molar-refractivity contribution < 1.29 is 0 Å². The van der Waals surface area contributed by atoms with Crippen LogP contribution in [0.4, 0.5) is 0 Å². The highest BCUT2D eigenvalue weighted by Crippen LogP contribution is 2.32. The first kappa shape index (κ1) is 14.1. The first-order valence-electron chi connectivity index (χ1n) is 8.92. The molecule has 20 heavy (non-hydrogen) atoms. The van der Waals surface area contributed by atoms with E-state index in [1.54, 1.807) is 16.7 Å². The van der Waals surface area contributed by atoms with Crippen LogP contribution in [0.15, 0.2) is 0 Å². The number of aryl methyl sites for hydroxylation is 2. The molecule has 0 N–H and O–H groups in total. The maximum atomic E-state index is 5.06. The van der Waals surface area contributed by atoms with Gasteiger partial charge in [0.15, 0.2) is 0 Å². The summed E-state index contributed by atoms with van der Waals surface area (Å²) in [4.78, 5) is 5.06. The van der Waals surface area contributed by atoms with E-state index in [0.29, 0.717) is 0 Å². The van der Waals surface area contributed by atoms with Gasteiger partial charge in [-0.3, -0.25) is 4.98 Å². The zero-order valence-electron chi connectivity index (χ0n) is 13.1. The summed E-state index contributed by atoms with van der Waals surface area (Å²) in [7, 11) is 0. The molecule has 1 heterocycles. The average Bonchev–Trinajstić information content (AvgIpc) is 2.50. The highest BCUT2D eigenvalue weighted by Gasteiger charge is 2.22. The number of aromatic nitrogens is 1. The third kappa shape index (κ3) is 2.92. The lowest BCUT2D eigenvalue weighted by Gasteiger charge is -2.26. The Labute approximate surface area is 124 Å². The fourth-order valence-corrected chi connectivity index (χ4v) is 4.05. The van der Waals surface area contributed by atoms with Gasteiger partial charge >= 0.3 is 0 Å². The normalized spacial score (nSPS) is 17.6. The van der Waals surface area contributed by atoms with Crippen molar-refractivity contribution in [3.05, 3.63) is 28.1 Å². The Morgan fingerprint density at radius 2 is 1.35 bits per heavy atom. The van der Waals surface area contributed by atoms with Crippen LogP contribution < -0.4 is 0 Å². The Hall–Kier alpha value is -0.850. The van der Waals surface area contributed by atoms with E-state index in [1.165, 1.54) is 94.9 Å². The lowest BCUT2D eigenvalue weighted by atomic mass is 9.82. The van der Waals surface area contributed by atoms with Crippen molar-refractivity contribution in [3.63, 3.8) is 0 Å². The van der Waals surface area contributed by atoms with Crippen molar-refractivity contribution >= 4 is 0 Å². The van der Waals surface area contributed by atoms with E-state index < -0.39 is 0 Å². The smallest absolute Gasteiger partial charge is 0.0441 e. The lowest BCUT2D eigenvalue weighted by Crippen LogP contribution is -2.17. The molecule has 0 unspecified atom stereocenters. The lowest BCUT2D eigenvalue weighted by molar-refractivity contribution is 0.602. The molecule has 0 aliphatic heterocycles. The van der Waals surface area contributed by atoms with Crippen LogP contribution in [0.5, 0.6) is 0 Å². The molecular weight excluding hydrogens is 242 g/mol. The minimum atomic E-state index is 1.24. The molecular formula is C19H29N. The molecule has 0 saturated carbocycles. The van der Waals surface area contributed by atoms with Crippen LogP contribution >= 0.6 is 0 Å². The Balaban J connectivity index is 1.87. The van der Waals surface area contributed by atoms with Gasteiger partial charge in [0.05, 0.1) is 0 Å². The molecule has 0 radical (unpaired) electrons. The largest absolute Gasteiger partial charge is 0.257 e. The van der Waals surface area contributed by atoms with Gasteiger partial charge in [0, 0.05) is 11.4 Å². The van der Waals surface area contributed by atoms with E-state index in [0.717, 1.165) is 0 Å². The summed E-state index contributed by atoms with van der Waals surface area (Å²) in [5.41, 5.74) is 8.05. The SMILES string of the molecule is CCCCCCc1c2c(nc3c1CCCC3)CCCC2.